The minimum Gasteiger partial charge on any atom is -0.497 e. The fourth-order valence-electron chi connectivity index (χ4n) is 4.95. The van der Waals surface area contributed by atoms with Gasteiger partial charge < -0.3 is 19.7 Å². The summed E-state index contributed by atoms with van der Waals surface area (Å²) in [4.78, 5) is 29.5. The minimum absolute atomic E-state index is 0.0657. The summed E-state index contributed by atoms with van der Waals surface area (Å²) in [6.45, 7) is 2.06. The van der Waals surface area contributed by atoms with Gasteiger partial charge in [-0.25, -0.2) is 8.42 Å². The van der Waals surface area contributed by atoms with Gasteiger partial charge in [0.2, 0.25) is 21.8 Å². The Morgan fingerprint density at radius 1 is 0.804 bits per heavy atom. The van der Waals surface area contributed by atoms with Crippen LogP contribution in [0.25, 0.3) is 0 Å². The normalized spacial score (nSPS) is 11.7. The molecule has 0 radical (unpaired) electrons. The Labute approximate surface area is 271 Å². The Hall–Kier alpha value is -4.83. The zero-order chi connectivity index (χ0) is 32.9. The van der Waals surface area contributed by atoms with Gasteiger partial charge in [0.15, 0.2) is 0 Å². The van der Waals surface area contributed by atoms with Crippen LogP contribution >= 0.6 is 0 Å². The number of methoxy groups -OCH3 is 1. The molecule has 46 heavy (non-hydrogen) atoms. The van der Waals surface area contributed by atoms with Crippen LogP contribution in [-0.2, 0) is 32.6 Å². The molecule has 0 aliphatic carbocycles. The molecule has 0 unspecified atom stereocenters. The number of carbonyl (C=O) groups excluding carboxylic acids is 2. The summed E-state index contributed by atoms with van der Waals surface area (Å²) < 4.78 is 38.5. The molecule has 10 heteroatoms. The van der Waals surface area contributed by atoms with E-state index in [-0.39, 0.29) is 18.9 Å². The zero-order valence-corrected chi connectivity index (χ0v) is 27.3. The third-order valence-electron chi connectivity index (χ3n) is 7.37. The van der Waals surface area contributed by atoms with Crippen LogP contribution < -0.4 is 19.1 Å². The highest BCUT2D eigenvalue weighted by molar-refractivity contribution is 7.92. The van der Waals surface area contributed by atoms with Crippen LogP contribution in [0.3, 0.4) is 0 Å². The molecule has 1 atom stereocenters. The van der Waals surface area contributed by atoms with E-state index in [1.165, 1.54) is 4.90 Å². The molecule has 1 N–H and O–H groups in total. The Morgan fingerprint density at radius 3 is 2.04 bits per heavy atom. The lowest BCUT2D eigenvalue weighted by atomic mass is 10.0. The molecule has 0 aliphatic heterocycles. The highest BCUT2D eigenvalue weighted by Gasteiger charge is 2.33. The van der Waals surface area contributed by atoms with E-state index in [1.54, 1.807) is 43.5 Å². The number of hydrogen-bond donors (Lipinski definition) is 1. The Balaban J connectivity index is 1.67. The number of carbonyl (C=O) groups is 2. The molecule has 4 rings (SSSR count). The van der Waals surface area contributed by atoms with E-state index in [0.717, 1.165) is 34.5 Å². The van der Waals surface area contributed by atoms with Crippen LogP contribution in [0.15, 0.2) is 109 Å². The lowest BCUT2D eigenvalue weighted by Gasteiger charge is -2.33. The van der Waals surface area contributed by atoms with Crippen LogP contribution in [0.1, 0.15) is 30.9 Å². The van der Waals surface area contributed by atoms with Gasteiger partial charge in [0.1, 0.15) is 29.8 Å². The summed E-state index contributed by atoms with van der Waals surface area (Å²) in [6, 6.07) is 31.5. The van der Waals surface area contributed by atoms with Crippen molar-refractivity contribution < 1.29 is 27.5 Å². The number of unbranched alkanes of at least 4 members (excludes halogenated alkanes) is 1. The summed E-state index contributed by atoms with van der Waals surface area (Å²) in [6.07, 6.45) is 2.99. The van der Waals surface area contributed by atoms with Gasteiger partial charge in [0.25, 0.3) is 0 Å². The maximum absolute atomic E-state index is 14.3. The monoisotopic (exact) mass is 643 g/mol. The maximum Gasteiger partial charge on any atom is 0.244 e. The summed E-state index contributed by atoms with van der Waals surface area (Å²) in [5, 5.41) is 2.99. The third kappa shape index (κ3) is 9.84. The number of nitrogens with one attached hydrogen (secondary N) is 1. The summed E-state index contributed by atoms with van der Waals surface area (Å²) in [7, 11) is -2.34. The number of amides is 2. The SMILES string of the molecule is CCCCNC(=O)[C@H](Cc1ccccc1)N(Cc1cccc(OC)c1)C(=O)CN(c1ccc(Oc2ccccc2)cc1)S(C)(=O)=O. The molecule has 0 saturated carbocycles. The summed E-state index contributed by atoms with van der Waals surface area (Å²) >= 11 is 0. The predicted octanol–water partition coefficient (Wildman–Crippen LogP) is 5.81. The molecule has 4 aromatic carbocycles. The lowest BCUT2D eigenvalue weighted by Crippen LogP contribution is -2.53. The molecule has 2 amide bonds. The Bertz CT molecular complexity index is 1670. The highest BCUT2D eigenvalue weighted by atomic mass is 32.2. The van der Waals surface area contributed by atoms with Gasteiger partial charge in [-0.05, 0) is 66.1 Å². The molecular weight excluding hydrogens is 602 g/mol. The van der Waals surface area contributed by atoms with Crippen LogP contribution in [0.4, 0.5) is 5.69 Å². The highest BCUT2D eigenvalue weighted by Crippen LogP contribution is 2.26. The van der Waals surface area contributed by atoms with Gasteiger partial charge in [-0.1, -0.05) is 74.0 Å². The smallest absolute Gasteiger partial charge is 0.244 e. The van der Waals surface area contributed by atoms with E-state index in [9.17, 15) is 18.0 Å². The quantitative estimate of drug-likeness (QED) is 0.155. The van der Waals surface area contributed by atoms with E-state index in [4.69, 9.17) is 9.47 Å². The van der Waals surface area contributed by atoms with Crippen molar-refractivity contribution in [3.63, 3.8) is 0 Å². The molecule has 242 valence electrons. The van der Waals surface area contributed by atoms with E-state index in [1.807, 2.05) is 79.7 Å². The second kappa shape index (κ2) is 16.5. The van der Waals surface area contributed by atoms with Crippen LogP contribution in [0.2, 0.25) is 0 Å². The molecule has 0 spiro atoms. The first kappa shape index (κ1) is 34.1. The van der Waals surface area contributed by atoms with Crippen molar-refractivity contribution in [2.45, 2.75) is 38.8 Å². The number of ether oxygens (including phenoxy) is 2. The third-order valence-corrected chi connectivity index (χ3v) is 8.51. The molecule has 0 aliphatic rings. The molecule has 0 saturated heterocycles. The average Bonchev–Trinajstić information content (AvgIpc) is 3.06. The Morgan fingerprint density at radius 2 is 1.41 bits per heavy atom. The van der Waals surface area contributed by atoms with Gasteiger partial charge in [-0.3, -0.25) is 13.9 Å². The first-order chi connectivity index (χ1) is 22.2. The van der Waals surface area contributed by atoms with Gasteiger partial charge in [0, 0.05) is 19.5 Å². The second-order valence-electron chi connectivity index (χ2n) is 10.9. The van der Waals surface area contributed by atoms with Gasteiger partial charge in [0.05, 0.1) is 19.1 Å². The number of hydrogen-bond acceptors (Lipinski definition) is 6. The van der Waals surface area contributed by atoms with Crippen LogP contribution in [0, 0.1) is 0 Å². The maximum atomic E-state index is 14.3. The van der Waals surface area contributed by atoms with E-state index >= 15 is 0 Å². The fourth-order valence-corrected chi connectivity index (χ4v) is 5.80. The molecule has 4 aromatic rings. The number of nitrogens with zero attached hydrogens (tertiary/aromatic N) is 2. The summed E-state index contributed by atoms with van der Waals surface area (Å²) in [5.41, 5.74) is 1.90. The second-order valence-corrected chi connectivity index (χ2v) is 12.8. The Kier molecular flexibility index (Phi) is 12.2. The minimum atomic E-state index is -3.90. The molecule has 0 bridgehead atoms. The van der Waals surface area contributed by atoms with Crippen molar-refractivity contribution in [2.75, 3.05) is 30.8 Å². The van der Waals surface area contributed by atoms with Gasteiger partial charge >= 0.3 is 0 Å². The van der Waals surface area contributed by atoms with Crippen molar-refractivity contribution in [3.05, 3.63) is 120 Å². The molecule has 0 heterocycles. The fraction of sp³-hybridized carbons (Fsp3) is 0.278. The topological polar surface area (TPSA) is 105 Å². The van der Waals surface area contributed by atoms with Gasteiger partial charge in [-0.2, -0.15) is 0 Å². The van der Waals surface area contributed by atoms with Crippen LogP contribution in [-0.4, -0.2) is 57.6 Å². The van der Waals surface area contributed by atoms with Crippen molar-refractivity contribution >= 4 is 27.5 Å². The van der Waals surface area contributed by atoms with Crippen molar-refractivity contribution in [3.8, 4) is 17.2 Å². The van der Waals surface area contributed by atoms with Crippen LogP contribution in [0.5, 0.6) is 17.2 Å². The first-order valence-corrected chi connectivity index (χ1v) is 17.1. The molecule has 9 nitrogen and oxygen atoms in total. The molecule has 0 aromatic heterocycles. The first-order valence-electron chi connectivity index (χ1n) is 15.2. The summed E-state index contributed by atoms with van der Waals surface area (Å²) in [5.74, 6) is 0.931. The molecule has 0 fully saturated rings. The average molecular weight is 644 g/mol. The number of sulfonamides is 1. The van der Waals surface area contributed by atoms with Gasteiger partial charge in [-0.15, -0.1) is 0 Å². The predicted molar refractivity (Wildman–Crippen MR) is 181 cm³/mol. The molecular formula is C36H41N3O6S. The lowest BCUT2D eigenvalue weighted by molar-refractivity contribution is -0.140. The number of para-hydroxylation sites is 1. The van der Waals surface area contributed by atoms with Crippen molar-refractivity contribution in [1.82, 2.24) is 10.2 Å². The van der Waals surface area contributed by atoms with E-state index in [0.29, 0.717) is 29.5 Å². The largest absolute Gasteiger partial charge is 0.497 e. The van der Waals surface area contributed by atoms with Crippen molar-refractivity contribution in [2.24, 2.45) is 0 Å². The number of benzene rings is 4. The van der Waals surface area contributed by atoms with E-state index in [2.05, 4.69) is 5.32 Å². The standard InChI is InChI=1S/C36H41N3O6S/c1-4-5-23-37-36(41)34(25-28-13-8-6-9-14-28)38(26-29-15-12-18-33(24-29)44-2)35(40)27-39(46(3,42)43)30-19-21-32(22-20-30)45-31-16-10-7-11-17-31/h6-22,24,34H,4-5,23,25-27H2,1-3H3,(H,37,41)/t34-/m0/s1. The van der Waals surface area contributed by atoms with E-state index < -0.39 is 28.5 Å². The number of rotatable bonds is 16. The number of anilines is 1. The van der Waals surface area contributed by atoms with Crippen molar-refractivity contribution in [1.29, 1.82) is 0 Å². The zero-order valence-electron chi connectivity index (χ0n) is 26.5.